The van der Waals surface area contributed by atoms with Crippen molar-refractivity contribution >= 4 is 39.1 Å². The first kappa shape index (κ1) is 18.3. The molecule has 1 saturated heterocycles. The van der Waals surface area contributed by atoms with Gasteiger partial charge in [-0.3, -0.25) is 9.19 Å². The van der Waals surface area contributed by atoms with E-state index in [1.165, 1.54) is 19.3 Å². The monoisotopic (exact) mass is 404 g/mol. The molecule has 0 spiro atoms. The van der Waals surface area contributed by atoms with Crippen LogP contribution in [0.1, 0.15) is 25.0 Å². The molecule has 1 atom stereocenters. The number of H-pyrrole nitrogens is 1. The third-order valence-corrected chi connectivity index (χ3v) is 6.36. The van der Waals surface area contributed by atoms with Gasteiger partial charge in [0.15, 0.2) is 5.16 Å². The smallest absolute Gasteiger partial charge is 0.197 e. The zero-order valence-corrected chi connectivity index (χ0v) is 16.6. The summed E-state index contributed by atoms with van der Waals surface area (Å²) in [7, 11) is 0.239. The summed E-state index contributed by atoms with van der Waals surface area (Å²) in [4.78, 5) is 14.2. The van der Waals surface area contributed by atoms with Crippen molar-refractivity contribution in [2.24, 2.45) is 0 Å². The third-order valence-electron chi connectivity index (χ3n) is 4.79. The van der Waals surface area contributed by atoms with Gasteiger partial charge in [-0.05, 0) is 37.5 Å². The Kier molecular flexibility index (Phi) is 5.31. The van der Waals surface area contributed by atoms with Crippen molar-refractivity contribution in [3.63, 3.8) is 0 Å². The Balaban J connectivity index is 1.57. The van der Waals surface area contributed by atoms with Crippen LogP contribution in [0.25, 0.3) is 11.0 Å². The number of nitrogens with one attached hydrogen (secondary N) is 1. The van der Waals surface area contributed by atoms with E-state index in [1.807, 2.05) is 24.3 Å². The van der Waals surface area contributed by atoms with Gasteiger partial charge in [0.25, 0.3) is 0 Å². The van der Waals surface area contributed by atoms with E-state index in [0.717, 1.165) is 35.6 Å². The summed E-state index contributed by atoms with van der Waals surface area (Å²) < 4.78 is 18.1. The van der Waals surface area contributed by atoms with E-state index in [4.69, 9.17) is 16.3 Å². The van der Waals surface area contributed by atoms with E-state index in [2.05, 4.69) is 19.9 Å². The molecule has 1 aliphatic heterocycles. The number of imidazole rings is 1. The van der Waals surface area contributed by atoms with Crippen molar-refractivity contribution in [3.8, 4) is 5.75 Å². The van der Waals surface area contributed by atoms with Crippen LogP contribution < -0.4 is 9.64 Å². The number of halogens is 1. The van der Waals surface area contributed by atoms with Crippen molar-refractivity contribution in [1.29, 1.82) is 0 Å². The lowest BCUT2D eigenvalue weighted by Crippen LogP contribution is -2.29. The molecule has 0 bridgehead atoms. The molecule has 1 aliphatic rings. The number of ether oxygens (including phenoxy) is 1. The normalized spacial score (nSPS) is 15.9. The predicted molar refractivity (Wildman–Crippen MR) is 108 cm³/mol. The average Bonchev–Trinajstić information content (AvgIpc) is 3.13. The Morgan fingerprint density at radius 2 is 2.07 bits per heavy atom. The Morgan fingerprint density at radius 1 is 1.26 bits per heavy atom. The first-order chi connectivity index (χ1) is 13.2. The Hall–Kier alpha value is -2.12. The third kappa shape index (κ3) is 3.80. The van der Waals surface area contributed by atoms with Crippen molar-refractivity contribution in [2.75, 3.05) is 25.1 Å². The maximum Gasteiger partial charge on any atom is 0.197 e. The second kappa shape index (κ2) is 7.86. The first-order valence-electron chi connectivity index (χ1n) is 8.96. The minimum Gasteiger partial charge on any atom is -0.497 e. The van der Waals surface area contributed by atoms with Gasteiger partial charge in [-0.25, -0.2) is 4.98 Å². The molecule has 6 nitrogen and oxygen atoms in total. The molecule has 1 unspecified atom stereocenters. The molecule has 2 aromatic heterocycles. The number of methoxy groups -OCH3 is 1. The highest BCUT2D eigenvalue weighted by Gasteiger charge is 2.19. The van der Waals surface area contributed by atoms with E-state index >= 15 is 0 Å². The Labute approximate surface area is 165 Å². The van der Waals surface area contributed by atoms with Crippen LogP contribution in [0.4, 0.5) is 5.69 Å². The fourth-order valence-corrected chi connectivity index (χ4v) is 4.75. The van der Waals surface area contributed by atoms with Crippen LogP contribution in [-0.2, 0) is 16.6 Å². The summed E-state index contributed by atoms with van der Waals surface area (Å²) in [6, 6.07) is 7.45. The van der Waals surface area contributed by atoms with Crippen LogP contribution in [-0.4, -0.2) is 39.4 Å². The number of aromatic nitrogens is 3. The number of hydrogen-bond acceptors (Lipinski definition) is 5. The quantitative estimate of drug-likeness (QED) is 0.697. The zero-order chi connectivity index (χ0) is 18.8. The number of benzene rings is 1. The van der Waals surface area contributed by atoms with Gasteiger partial charge in [-0.2, -0.15) is 0 Å². The van der Waals surface area contributed by atoms with Gasteiger partial charge in [0, 0.05) is 25.4 Å². The molecule has 1 aromatic carbocycles. The molecule has 1 N–H and O–H groups in total. The number of piperidine rings is 1. The lowest BCUT2D eigenvalue weighted by molar-refractivity contribution is 0.415. The summed E-state index contributed by atoms with van der Waals surface area (Å²) >= 11 is 6.61. The maximum absolute atomic E-state index is 12.9. The molecular weight excluding hydrogens is 384 g/mol. The Morgan fingerprint density at radius 3 is 2.85 bits per heavy atom. The van der Waals surface area contributed by atoms with Gasteiger partial charge in [0.05, 0.1) is 51.1 Å². The molecule has 3 heterocycles. The molecule has 0 amide bonds. The summed E-state index contributed by atoms with van der Waals surface area (Å²) in [6.07, 6.45) is 5.34. The largest absolute Gasteiger partial charge is 0.497 e. The molecule has 27 heavy (non-hydrogen) atoms. The lowest BCUT2D eigenvalue weighted by atomic mass is 10.1. The van der Waals surface area contributed by atoms with Crippen molar-refractivity contribution in [1.82, 2.24) is 15.0 Å². The van der Waals surface area contributed by atoms with E-state index in [1.54, 1.807) is 13.3 Å². The highest BCUT2D eigenvalue weighted by molar-refractivity contribution is 7.84. The molecule has 3 aromatic rings. The zero-order valence-electron chi connectivity index (χ0n) is 15.1. The predicted octanol–water partition coefficient (Wildman–Crippen LogP) is 3.92. The van der Waals surface area contributed by atoms with Gasteiger partial charge in [-0.15, -0.1) is 0 Å². The minimum atomic E-state index is -1.37. The summed E-state index contributed by atoms with van der Waals surface area (Å²) in [5.41, 5.74) is 3.16. The highest BCUT2D eigenvalue weighted by atomic mass is 35.5. The second-order valence-electron chi connectivity index (χ2n) is 6.55. The number of aromatic amines is 1. The number of fused-ring (bicyclic) bond motifs is 1. The lowest BCUT2D eigenvalue weighted by Gasteiger charge is -2.29. The average molecular weight is 405 g/mol. The van der Waals surface area contributed by atoms with Crippen molar-refractivity contribution in [2.45, 2.75) is 30.2 Å². The SMILES string of the molecule is COc1ccc2nc(S(=O)Cc3nccc(N4CCCCC4)c3Cl)[nH]c2c1. The fraction of sp³-hybridized carbons (Fsp3) is 0.368. The molecule has 142 valence electrons. The number of pyridine rings is 1. The number of rotatable bonds is 5. The van der Waals surface area contributed by atoms with Crippen LogP contribution in [0.5, 0.6) is 5.75 Å². The number of anilines is 1. The van der Waals surface area contributed by atoms with Gasteiger partial charge in [0.2, 0.25) is 0 Å². The molecule has 0 aliphatic carbocycles. The summed E-state index contributed by atoms with van der Waals surface area (Å²) in [5, 5.41) is 1.00. The van der Waals surface area contributed by atoms with Gasteiger partial charge in [0.1, 0.15) is 5.75 Å². The van der Waals surface area contributed by atoms with Gasteiger partial charge in [-0.1, -0.05) is 11.6 Å². The summed E-state index contributed by atoms with van der Waals surface area (Å²) in [5.74, 6) is 0.944. The number of hydrogen-bond donors (Lipinski definition) is 1. The van der Waals surface area contributed by atoms with Crippen molar-refractivity contribution in [3.05, 3.63) is 41.2 Å². The van der Waals surface area contributed by atoms with Crippen LogP contribution in [0.2, 0.25) is 5.02 Å². The van der Waals surface area contributed by atoms with Crippen LogP contribution in [0, 0.1) is 0 Å². The molecular formula is C19H21ClN4O2S. The molecule has 0 saturated carbocycles. The molecule has 8 heteroatoms. The molecule has 4 rings (SSSR count). The van der Waals surface area contributed by atoms with Crippen molar-refractivity contribution < 1.29 is 8.95 Å². The van der Waals surface area contributed by atoms with Crippen LogP contribution in [0.3, 0.4) is 0 Å². The van der Waals surface area contributed by atoms with E-state index < -0.39 is 10.8 Å². The van der Waals surface area contributed by atoms with Gasteiger partial charge >= 0.3 is 0 Å². The van der Waals surface area contributed by atoms with Crippen LogP contribution in [0.15, 0.2) is 35.6 Å². The maximum atomic E-state index is 12.9. The standard InChI is InChI=1S/C19H21ClN4O2S/c1-26-13-5-6-14-15(11-13)23-19(22-14)27(25)12-16-18(20)17(7-8-21-16)24-9-3-2-4-10-24/h5-8,11H,2-4,9-10,12H2,1H3,(H,22,23). The van der Waals surface area contributed by atoms with Gasteiger partial charge < -0.3 is 14.6 Å². The van der Waals surface area contributed by atoms with E-state index in [-0.39, 0.29) is 5.75 Å². The first-order valence-corrected chi connectivity index (χ1v) is 10.7. The topological polar surface area (TPSA) is 71.1 Å². The fourth-order valence-electron chi connectivity index (χ4n) is 3.35. The molecule has 0 radical (unpaired) electrons. The Bertz CT molecular complexity index is 985. The highest BCUT2D eigenvalue weighted by Crippen LogP contribution is 2.31. The van der Waals surface area contributed by atoms with E-state index in [9.17, 15) is 4.21 Å². The number of nitrogens with zero attached hydrogens (tertiary/aromatic N) is 3. The summed E-state index contributed by atoms with van der Waals surface area (Å²) in [6.45, 7) is 2.00. The second-order valence-corrected chi connectivity index (χ2v) is 8.30. The molecule has 1 fully saturated rings. The minimum absolute atomic E-state index is 0.220. The van der Waals surface area contributed by atoms with Crippen LogP contribution >= 0.6 is 11.6 Å². The van der Waals surface area contributed by atoms with E-state index in [0.29, 0.717) is 15.9 Å².